The normalized spacial score (nSPS) is 25.0. The van der Waals surface area contributed by atoms with Crippen LogP contribution < -0.4 is 11.1 Å². The summed E-state index contributed by atoms with van der Waals surface area (Å²) in [7, 11) is 0. The minimum Gasteiger partial charge on any atom is -0.443 e. The van der Waals surface area contributed by atoms with Crippen molar-refractivity contribution in [2.75, 3.05) is 5.32 Å². The van der Waals surface area contributed by atoms with Crippen LogP contribution in [0.2, 0.25) is 0 Å². The Morgan fingerprint density at radius 3 is 2.88 bits per heavy atom. The van der Waals surface area contributed by atoms with Crippen molar-refractivity contribution in [2.24, 2.45) is 5.73 Å². The quantitative estimate of drug-likeness (QED) is 0.833. The number of nitrogens with one attached hydrogen (secondary N) is 1. The van der Waals surface area contributed by atoms with E-state index in [4.69, 9.17) is 10.2 Å². The average molecular weight is 231 g/mol. The fourth-order valence-electron chi connectivity index (χ4n) is 2.44. The molecule has 0 atom stereocenters. The summed E-state index contributed by atoms with van der Waals surface area (Å²) in [5.41, 5.74) is 8.75. The highest BCUT2D eigenvalue weighted by Crippen LogP contribution is 2.23. The second-order valence-electron chi connectivity index (χ2n) is 4.79. The molecule has 0 bridgehead atoms. The van der Waals surface area contributed by atoms with Crippen molar-refractivity contribution in [3.05, 3.63) is 24.6 Å². The SMILES string of the molecule is NC1CCC(Nc2ccc3ncoc3c2)CC1. The smallest absolute Gasteiger partial charge is 0.181 e. The first kappa shape index (κ1) is 10.6. The number of hydrogen-bond donors (Lipinski definition) is 2. The lowest BCUT2D eigenvalue weighted by Crippen LogP contribution is -2.32. The van der Waals surface area contributed by atoms with Crippen LogP contribution >= 0.6 is 0 Å². The van der Waals surface area contributed by atoms with Crippen LogP contribution in [0.4, 0.5) is 5.69 Å². The molecule has 17 heavy (non-hydrogen) atoms. The third-order valence-corrected chi connectivity index (χ3v) is 3.47. The van der Waals surface area contributed by atoms with Gasteiger partial charge in [0.25, 0.3) is 0 Å². The molecule has 90 valence electrons. The Morgan fingerprint density at radius 2 is 2.06 bits per heavy atom. The molecule has 1 aliphatic rings. The Labute approximate surface area is 100 Å². The van der Waals surface area contributed by atoms with Crippen LogP contribution in [0.15, 0.2) is 29.0 Å². The number of fused-ring (bicyclic) bond motifs is 1. The average Bonchev–Trinajstić information content (AvgIpc) is 2.79. The Bertz CT molecular complexity index is 500. The second-order valence-corrected chi connectivity index (χ2v) is 4.79. The van der Waals surface area contributed by atoms with Crippen molar-refractivity contribution >= 4 is 16.8 Å². The fourth-order valence-corrected chi connectivity index (χ4v) is 2.44. The predicted molar refractivity (Wildman–Crippen MR) is 67.9 cm³/mol. The molecule has 1 aromatic carbocycles. The lowest BCUT2D eigenvalue weighted by molar-refractivity contribution is 0.411. The molecule has 0 amide bonds. The third-order valence-electron chi connectivity index (χ3n) is 3.47. The number of nitrogens with zero attached hydrogens (tertiary/aromatic N) is 1. The maximum Gasteiger partial charge on any atom is 0.181 e. The molecule has 0 radical (unpaired) electrons. The zero-order valence-corrected chi connectivity index (χ0v) is 9.73. The molecule has 1 heterocycles. The molecule has 1 saturated carbocycles. The zero-order valence-electron chi connectivity index (χ0n) is 9.73. The summed E-state index contributed by atoms with van der Waals surface area (Å²) in [5, 5.41) is 3.54. The Hall–Kier alpha value is -1.55. The van der Waals surface area contributed by atoms with E-state index in [0.29, 0.717) is 12.1 Å². The minimum atomic E-state index is 0.393. The topological polar surface area (TPSA) is 64.1 Å². The van der Waals surface area contributed by atoms with E-state index < -0.39 is 0 Å². The van der Waals surface area contributed by atoms with Crippen LogP contribution in [-0.4, -0.2) is 17.1 Å². The van der Waals surface area contributed by atoms with Gasteiger partial charge in [-0.1, -0.05) is 0 Å². The molecule has 4 heteroatoms. The van der Waals surface area contributed by atoms with Gasteiger partial charge in [-0.25, -0.2) is 4.98 Å². The molecule has 1 aromatic heterocycles. The van der Waals surface area contributed by atoms with Crippen molar-refractivity contribution in [2.45, 2.75) is 37.8 Å². The summed E-state index contributed by atoms with van der Waals surface area (Å²) in [6.45, 7) is 0. The lowest BCUT2D eigenvalue weighted by atomic mass is 9.92. The van der Waals surface area contributed by atoms with E-state index in [0.717, 1.165) is 42.5 Å². The van der Waals surface area contributed by atoms with Crippen LogP contribution in [0.3, 0.4) is 0 Å². The molecular formula is C13H17N3O. The van der Waals surface area contributed by atoms with Crippen molar-refractivity contribution < 1.29 is 4.42 Å². The van der Waals surface area contributed by atoms with Crippen LogP contribution in [0.5, 0.6) is 0 Å². The number of benzene rings is 1. The third kappa shape index (κ3) is 2.26. The minimum absolute atomic E-state index is 0.393. The molecule has 3 N–H and O–H groups in total. The molecule has 0 spiro atoms. The van der Waals surface area contributed by atoms with Gasteiger partial charge in [-0.3, -0.25) is 0 Å². The Kier molecular flexibility index (Phi) is 2.73. The summed E-state index contributed by atoms with van der Waals surface area (Å²) in [5.74, 6) is 0. The van der Waals surface area contributed by atoms with Gasteiger partial charge in [0.05, 0.1) is 0 Å². The summed E-state index contributed by atoms with van der Waals surface area (Å²) < 4.78 is 5.29. The largest absolute Gasteiger partial charge is 0.443 e. The molecule has 4 nitrogen and oxygen atoms in total. The highest BCUT2D eigenvalue weighted by Gasteiger charge is 2.18. The second kappa shape index (κ2) is 4.37. The van der Waals surface area contributed by atoms with E-state index in [1.165, 1.54) is 6.39 Å². The molecule has 0 aliphatic heterocycles. The fraction of sp³-hybridized carbons (Fsp3) is 0.462. The zero-order chi connectivity index (χ0) is 11.7. The maximum atomic E-state index is 5.90. The number of oxazole rings is 1. The van der Waals surface area contributed by atoms with Crippen molar-refractivity contribution in [3.63, 3.8) is 0 Å². The van der Waals surface area contributed by atoms with Crippen LogP contribution in [0, 0.1) is 0 Å². The summed E-state index contributed by atoms with van der Waals surface area (Å²) >= 11 is 0. The van der Waals surface area contributed by atoms with E-state index in [1.807, 2.05) is 12.1 Å². The highest BCUT2D eigenvalue weighted by atomic mass is 16.3. The molecule has 2 aromatic rings. The Balaban J connectivity index is 1.71. The van der Waals surface area contributed by atoms with Gasteiger partial charge < -0.3 is 15.5 Å². The van der Waals surface area contributed by atoms with E-state index >= 15 is 0 Å². The van der Waals surface area contributed by atoms with Crippen LogP contribution in [-0.2, 0) is 0 Å². The predicted octanol–water partition coefficient (Wildman–Crippen LogP) is 2.51. The molecule has 0 saturated heterocycles. The Morgan fingerprint density at radius 1 is 1.24 bits per heavy atom. The number of aromatic nitrogens is 1. The molecule has 1 aliphatic carbocycles. The first-order valence-electron chi connectivity index (χ1n) is 6.16. The van der Waals surface area contributed by atoms with Gasteiger partial charge in [-0.15, -0.1) is 0 Å². The standard InChI is InChI=1S/C13H17N3O/c14-9-1-3-10(4-2-9)16-11-5-6-12-13(7-11)17-8-15-12/h5-10,16H,1-4,14H2. The number of nitrogens with two attached hydrogens (primary N) is 1. The maximum absolute atomic E-state index is 5.90. The van der Waals surface area contributed by atoms with Gasteiger partial charge in [0, 0.05) is 23.8 Å². The van der Waals surface area contributed by atoms with Gasteiger partial charge in [0.1, 0.15) is 5.52 Å². The summed E-state index contributed by atoms with van der Waals surface area (Å²) in [4.78, 5) is 4.11. The summed E-state index contributed by atoms with van der Waals surface area (Å²) in [6.07, 6.45) is 6.00. The molecule has 3 rings (SSSR count). The highest BCUT2D eigenvalue weighted by molar-refractivity contribution is 5.76. The van der Waals surface area contributed by atoms with Crippen molar-refractivity contribution in [1.82, 2.24) is 4.98 Å². The number of anilines is 1. The first-order chi connectivity index (χ1) is 8.31. The van der Waals surface area contributed by atoms with Crippen LogP contribution in [0.25, 0.3) is 11.1 Å². The lowest BCUT2D eigenvalue weighted by Gasteiger charge is -2.27. The molecule has 0 unspecified atom stereocenters. The van der Waals surface area contributed by atoms with Gasteiger partial charge >= 0.3 is 0 Å². The molecule has 1 fully saturated rings. The van der Waals surface area contributed by atoms with E-state index in [9.17, 15) is 0 Å². The number of rotatable bonds is 2. The van der Waals surface area contributed by atoms with Gasteiger partial charge in [0.15, 0.2) is 12.0 Å². The van der Waals surface area contributed by atoms with Crippen LogP contribution in [0.1, 0.15) is 25.7 Å². The van der Waals surface area contributed by atoms with E-state index in [2.05, 4.69) is 16.4 Å². The molecular weight excluding hydrogens is 214 g/mol. The van der Waals surface area contributed by atoms with Gasteiger partial charge in [0.2, 0.25) is 0 Å². The van der Waals surface area contributed by atoms with Gasteiger partial charge in [-0.05, 0) is 37.8 Å². The summed E-state index contributed by atoms with van der Waals surface area (Å²) in [6, 6.07) is 6.98. The van der Waals surface area contributed by atoms with Crippen molar-refractivity contribution in [3.8, 4) is 0 Å². The van der Waals surface area contributed by atoms with E-state index in [-0.39, 0.29) is 0 Å². The van der Waals surface area contributed by atoms with Gasteiger partial charge in [-0.2, -0.15) is 0 Å². The monoisotopic (exact) mass is 231 g/mol. The number of hydrogen-bond acceptors (Lipinski definition) is 4. The van der Waals surface area contributed by atoms with Crippen molar-refractivity contribution in [1.29, 1.82) is 0 Å². The first-order valence-corrected chi connectivity index (χ1v) is 6.16. The van der Waals surface area contributed by atoms with E-state index in [1.54, 1.807) is 0 Å².